The summed E-state index contributed by atoms with van der Waals surface area (Å²) in [7, 11) is 0. The second-order valence-electron chi connectivity index (χ2n) is 10.8. The lowest BCUT2D eigenvalue weighted by molar-refractivity contribution is -0.0167. The van der Waals surface area contributed by atoms with E-state index in [-0.39, 0.29) is 16.9 Å². The van der Waals surface area contributed by atoms with Gasteiger partial charge in [-0.25, -0.2) is 0 Å². The summed E-state index contributed by atoms with van der Waals surface area (Å²) < 4.78 is 2.13. The standard InChI is InChI=1S/C28H36N2O2/c1-3-4-8-11-30-18-24(26(31)25(19(30)2)23-9-6-5-7-10-23)27(32)29-28-15-20-12-21(16-28)14-22(13-20)17-28/h5-7,9-10,18,20-22H,3-4,8,11-17H2,1-2H3,(H,29,32). The molecule has 4 fully saturated rings. The minimum atomic E-state index is -0.168. The zero-order valence-electron chi connectivity index (χ0n) is 19.5. The molecule has 4 heteroatoms. The maximum absolute atomic E-state index is 13.6. The van der Waals surface area contributed by atoms with Crippen LogP contribution < -0.4 is 10.7 Å². The lowest BCUT2D eigenvalue weighted by atomic mass is 9.53. The van der Waals surface area contributed by atoms with Crippen molar-refractivity contribution in [1.29, 1.82) is 0 Å². The zero-order chi connectivity index (χ0) is 22.3. The average molecular weight is 433 g/mol. The van der Waals surface area contributed by atoms with Gasteiger partial charge in [-0.1, -0.05) is 50.1 Å². The van der Waals surface area contributed by atoms with E-state index < -0.39 is 0 Å². The van der Waals surface area contributed by atoms with Gasteiger partial charge >= 0.3 is 0 Å². The van der Waals surface area contributed by atoms with E-state index in [1.54, 1.807) is 0 Å². The van der Waals surface area contributed by atoms with Crippen LogP contribution in [0.5, 0.6) is 0 Å². The first-order chi connectivity index (χ1) is 15.5. The van der Waals surface area contributed by atoms with Crippen LogP contribution >= 0.6 is 0 Å². The molecule has 1 aromatic heterocycles. The molecule has 4 saturated carbocycles. The summed E-state index contributed by atoms with van der Waals surface area (Å²) in [6.07, 6.45) is 12.4. The van der Waals surface area contributed by atoms with E-state index in [0.717, 1.165) is 74.1 Å². The molecule has 4 aliphatic rings. The number of benzene rings is 1. The van der Waals surface area contributed by atoms with Gasteiger partial charge in [0.2, 0.25) is 5.43 Å². The molecule has 2 aromatic rings. The summed E-state index contributed by atoms with van der Waals surface area (Å²) in [5.74, 6) is 2.10. The number of hydrogen-bond donors (Lipinski definition) is 1. The van der Waals surface area contributed by atoms with E-state index in [1.165, 1.54) is 19.3 Å². The van der Waals surface area contributed by atoms with E-state index >= 15 is 0 Å². The van der Waals surface area contributed by atoms with Crippen LogP contribution in [0.2, 0.25) is 0 Å². The number of aryl methyl sites for hydroxylation is 1. The minimum absolute atomic E-state index is 0.0941. The topological polar surface area (TPSA) is 51.1 Å². The SMILES string of the molecule is CCCCCn1cc(C(=O)NC23CC4CC(CC(C4)C2)C3)c(=O)c(-c2ccccc2)c1C. The van der Waals surface area contributed by atoms with Crippen LogP contribution in [0.25, 0.3) is 11.1 Å². The Morgan fingerprint density at radius 2 is 1.66 bits per heavy atom. The summed E-state index contributed by atoms with van der Waals surface area (Å²) in [6.45, 7) is 5.03. The molecule has 0 unspecified atom stereocenters. The van der Waals surface area contributed by atoms with Gasteiger partial charge in [-0.05, 0) is 75.2 Å². The molecule has 0 radical (unpaired) electrons. The number of nitrogens with one attached hydrogen (secondary N) is 1. The largest absolute Gasteiger partial charge is 0.350 e. The number of amides is 1. The summed E-state index contributed by atoms with van der Waals surface area (Å²) in [6, 6.07) is 9.82. The maximum atomic E-state index is 13.6. The Bertz CT molecular complexity index is 1020. The Hall–Kier alpha value is -2.36. The van der Waals surface area contributed by atoms with E-state index in [1.807, 2.05) is 43.5 Å². The Morgan fingerprint density at radius 1 is 1.03 bits per heavy atom. The predicted octanol–water partition coefficient (Wildman–Crippen LogP) is 5.71. The fourth-order valence-corrected chi connectivity index (χ4v) is 7.20. The highest BCUT2D eigenvalue weighted by Crippen LogP contribution is 2.55. The molecule has 1 amide bonds. The van der Waals surface area contributed by atoms with Crippen LogP contribution in [-0.4, -0.2) is 16.0 Å². The average Bonchev–Trinajstić information content (AvgIpc) is 2.75. The predicted molar refractivity (Wildman–Crippen MR) is 129 cm³/mol. The highest BCUT2D eigenvalue weighted by molar-refractivity contribution is 5.95. The van der Waals surface area contributed by atoms with Gasteiger partial charge in [-0.2, -0.15) is 0 Å². The van der Waals surface area contributed by atoms with Crippen LogP contribution in [0.1, 0.15) is 80.8 Å². The number of aromatic nitrogens is 1. The van der Waals surface area contributed by atoms with Crippen molar-refractivity contribution in [3.8, 4) is 11.1 Å². The number of pyridine rings is 1. The van der Waals surface area contributed by atoms with Gasteiger partial charge in [0, 0.05) is 29.5 Å². The molecule has 0 atom stereocenters. The number of rotatable bonds is 7. The molecule has 170 valence electrons. The molecule has 1 N–H and O–H groups in total. The van der Waals surface area contributed by atoms with Crippen molar-refractivity contribution in [2.75, 3.05) is 0 Å². The van der Waals surface area contributed by atoms with Crippen LogP contribution in [-0.2, 0) is 6.54 Å². The summed E-state index contributed by atoms with van der Waals surface area (Å²) >= 11 is 0. The molecule has 4 bridgehead atoms. The Kier molecular flexibility index (Phi) is 5.73. The molecule has 4 nitrogen and oxygen atoms in total. The van der Waals surface area contributed by atoms with Crippen LogP contribution in [0, 0.1) is 24.7 Å². The number of carbonyl (C=O) groups excluding carboxylic acids is 1. The maximum Gasteiger partial charge on any atom is 0.257 e. The van der Waals surface area contributed by atoms with Gasteiger partial charge in [0.25, 0.3) is 5.91 Å². The van der Waals surface area contributed by atoms with Gasteiger partial charge in [0.05, 0.1) is 0 Å². The molecule has 0 aliphatic heterocycles. The van der Waals surface area contributed by atoms with E-state index in [9.17, 15) is 9.59 Å². The number of hydrogen-bond acceptors (Lipinski definition) is 2. The molecule has 0 saturated heterocycles. The number of unbranched alkanes of at least 4 members (excludes halogenated alkanes) is 2. The first kappa shape index (κ1) is 21.5. The number of carbonyl (C=O) groups is 1. The molecule has 6 rings (SSSR count). The Morgan fingerprint density at radius 3 is 2.25 bits per heavy atom. The second kappa shape index (κ2) is 8.53. The van der Waals surface area contributed by atoms with Crippen LogP contribution in [0.15, 0.2) is 41.3 Å². The Labute approximate surface area is 191 Å². The fraction of sp³-hybridized carbons (Fsp3) is 0.571. The minimum Gasteiger partial charge on any atom is -0.350 e. The van der Waals surface area contributed by atoms with Gasteiger partial charge < -0.3 is 9.88 Å². The molecule has 32 heavy (non-hydrogen) atoms. The van der Waals surface area contributed by atoms with Crippen molar-refractivity contribution in [3.63, 3.8) is 0 Å². The molecule has 0 spiro atoms. The van der Waals surface area contributed by atoms with Gasteiger partial charge in [-0.3, -0.25) is 9.59 Å². The molecular formula is C28H36N2O2. The van der Waals surface area contributed by atoms with E-state index in [0.29, 0.717) is 11.1 Å². The fourth-order valence-electron chi connectivity index (χ4n) is 7.20. The highest BCUT2D eigenvalue weighted by atomic mass is 16.2. The van der Waals surface area contributed by atoms with Crippen molar-refractivity contribution in [1.82, 2.24) is 9.88 Å². The third-order valence-electron chi connectivity index (χ3n) is 8.28. The summed E-state index contributed by atoms with van der Waals surface area (Å²) in [5.41, 5.74) is 2.58. The molecule has 1 aromatic carbocycles. The smallest absolute Gasteiger partial charge is 0.257 e. The van der Waals surface area contributed by atoms with Gasteiger partial charge in [-0.15, -0.1) is 0 Å². The monoisotopic (exact) mass is 432 g/mol. The first-order valence-electron chi connectivity index (χ1n) is 12.6. The van der Waals surface area contributed by atoms with Gasteiger partial charge in [0.1, 0.15) is 5.56 Å². The van der Waals surface area contributed by atoms with Gasteiger partial charge in [0.15, 0.2) is 0 Å². The quantitative estimate of drug-likeness (QED) is 0.570. The normalized spacial score (nSPS) is 28.1. The van der Waals surface area contributed by atoms with E-state index in [4.69, 9.17) is 0 Å². The highest BCUT2D eigenvalue weighted by Gasteiger charge is 2.51. The Balaban J connectivity index is 1.50. The van der Waals surface area contributed by atoms with Crippen molar-refractivity contribution in [2.45, 2.75) is 83.7 Å². The first-order valence-corrected chi connectivity index (χ1v) is 12.6. The lowest BCUT2D eigenvalue weighted by Gasteiger charge is -2.56. The molecular weight excluding hydrogens is 396 g/mol. The van der Waals surface area contributed by atoms with Crippen LogP contribution in [0.4, 0.5) is 0 Å². The molecule has 4 aliphatic carbocycles. The number of nitrogens with zero attached hydrogens (tertiary/aromatic N) is 1. The van der Waals surface area contributed by atoms with Crippen LogP contribution in [0.3, 0.4) is 0 Å². The van der Waals surface area contributed by atoms with Crippen molar-refractivity contribution in [3.05, 3.63) is 58.0 Å². The lowest BCUT2D eigenvalue weighted by Crippen LogP contribution is -2.60. The third-order valence-corrected chi connectivity index (χ3v) is 8.28. The summed E-state index contributed by atoms with van der Waals surface area (Å²) in [4.78, 5) is 27.2. The van der Waals surface area contributed by atoms with Crippen molar-refractivity contribution < 1.29 is 4.79 Å². The molecule has 1 heterocycles. The zero-order valence-corrected chi connectivity index (χ0v) is 19.5. The van der Waals surface area contributed by atoms with Crippen molar-refractivity contribution in [2.24, 2.45) is 17.8 Å². The van der Waals surface area contributed by atoms with Crippen molar-refractivity contribution >= 4 is 5.91 Å². The summed E-state index contributed by atoms with van der Waals surface area (Å²) in [5, 5.41) is 3.42. The second-order valence-corrected chi connectivity index (χ2v) is 10.8. The third kappa shape index (κ3) is 3.93. The van der Waals surface area contributed by atoms with E-state index in [2.05, 4.69) is 16.8 Å².